The number of fused-ring (bicyclic) bond motifs is 1. The number of nitrogens with one attached hydrogen (secondary N) is 2. The van der Waals surface area contributed by atoms with Crippen LogP contribution in [0.5, 0.6) is 0 Å². The van der Waals surface area contributed by atoms with Crippen LogP contribution in [-0.4, -0.2) is 22.0 Å². The van der Waals surface area contributed by atoms with E-state index in [1.807, 2.05) is 24.3 Å². The van der Waals surface area contributed by atoms with Crippen molar-refractivity contribution in [2.24, 2.45) is 5.10 Å². The summed E-state index contributed by atoms with van der Waals surface area (Å²) in [6.07, 6.45) is 3.36. The van der Waals surface area contributed by atoms with Gasteiger partial charge in [-0.2, -0.15) is 5.10 Å². The smallest absolute Gasteiger partial charge is 0.307 e. The van der Waals surface area contributed by atoms with Gasteiger partial charge in [0, 0.05) is 40.4 Å². The highest BCUT2D eigenvalue weighted by molar-refractivity contribution is 5.99. The summed E-state index contributed by atoms with van der Waals surface area (Å²) in [5, 5.41) is 15.7. The van der Waals surface area contributed by atoms with Crippen molar-refractivity contribution in [3.05, 3.63) is 88.3 Å². The highest BCUT2D eigenvalue weighted by atomic mass is 16.6. The Bertz CT molecular complexity index is 1190. The molecule has 0 fully saturated rings. The quantitative estimate of drug-likeness (QED) is 0.311. The first-order chi connectivity index (χ1) is 13.6. The summed E-state index contributed by atoms with van der Waals surface area (Å²) >= 11 is 0. The van der Waals surface area contributed by atoms with Gasteiger partial charge in [-0.15, -0.1) is 0 Å². The summed E-state index contributed by atoms with van der Waals surface area (Å²) in [6, 6.07) is 16.8. The Hall–Kier alpha value is -4.20. The van der Waals surface area contributed by atoms with Crippen LogP contribution in [0.2, 0.25) is 0 Å². The predicted molar refractivity (Wildman–Crippen MR) is 104 cm³/mol. The minimum absolute atomic E-state index is 0.0140. The molecule has 0 aliphatic rings. The lowest BCUT2D eigenvalue weighted by molar-refractivity contribution is -0.384. The number of H-pyrrole nitrogens is 1. The molecule has 1 amide bonds. The number of rotatable bonds is 5. The van der Waals surface area contributed by atoms with Gasteiger partial charge >= 0.3 is 5.91 Å². The Morgan fingerprint density at radius 1 is 1.11 bits per heavy atom. The van der Waals surface area contributed by atoms with Gasteiger partial charge in [-0.3, -0.25) is 14.9 Å². The van der Waals surface area contributed by atoms with E-state index >= 15 is 0 Å². The number of furan rings is 1. The van der Waals surface area contributed by atoms with E-state index in [0.717, 1.165) is 16.5 Å². The zero-order valence-corrected chi connectivity index (χ0v) is 14.5. The molecule has 0 aliphatic carbocycles. The molecule has 2 aromatic carbocycles. The number of para-hydroxylation sites is 1. The Morgan fingerprint density at radius 3 is 2.68 bits per heavy atom. The number of nitrogens with zero attached hydrogens (tertiary/aromatic N) is 2. The third-order valence-electron chi connectivity index (χ3n) is 4.18. The van der Waals surface area contributed by atoms with Gasteiger partial charge in [0.05, 0.1) is 11.1 Å². The van der Waals surface area contributed by atoms with Crippen LogP contribution in [0.1, 0.15) is 16.1 Å². The monoisotopic (exact) mass is 374 g/mol. The highest BCUT2D eigenvalue weighted by Gasteiger charge is 2.13. The molecule has 4 rings (SSSR count). The molecule has 2 N–H and O–H groups in total. The number of hydrogen-bond donors (Lipinski definition) is 2. The van der Waals surface area contributed by atoms with Crippen LogP contribution in [-0.2, 0) is 0 Å². The minimum atomic E-state index is -0.496. The van der Waals surface area contributed by atoms with E-state index in [1.165, 1.54) is 18.2 Å². The molecule has 2 heterocycles. The fraction of sp³-hybridized carbons (Fsp3) is 0. The summed E-state index contributed by atoms with van der Waals surface area (Å²) in [7, 11) is 0. The van der Waals surface area contributed by atoms with Gasteiger partial charge in [0.1, 0.15) is 5.76 Å². The van der Waals surface area contributed by atoms with Crippen LogP contribution in [0.3, 0.4) is 0 Å². The Morgan fingerprint density at radius 2 is 1.89 bits per heavy atom. The third kappa shape index (κ3) is 3.38. The van der Waals surface area contributed by atoms with Crippen LogP contribution >= 0.6 is 0 Å². The van der Waals surface area contributed by atoms with Gasteiger partial charge in [-0.25, -0.2) is 5.43 Å². The molecular weight excluding hydrogens is 360 g/mol. The molecule has 0 aliphatic heterocycles. The van der Waals surface area contributed by atoms with Crippen LogP contribution in [0.25, 0.3) is 22.2 Å². The summed E-state index contributed by atoms with van der Waals surface area (Å²) < 4.78 is 5.53. The predicted octanol–water partition coefficient (Wildman–Crippen LogP) is 4.10. The highest BCUT2D eigenvalue weighted by Crippen LogP contribution is 2.24. The Labute approximate surface area is 158 Å². The number of benzene rings is 2. The first-order valence-electron chi connectivity index (χ1n) is 8.36. The lowest BCUT2D eigenvalue weighted by Gasteiger charge is -1.98. The fourth-order valence-corrected chi connectivity index (χ4v) is 2.78. The van der Waals surface area contributed by atoms with Crippen LogP contribution < -0.4 is 5.43 Å². The molecule has 0 bridgehead atoms. The normalized spacial score (nSPS) is 11.1. The SMILES string of the molecule is O=C(N/N=C/c1c[nH]c2ccccc12)c1ccc(-c2ccc([N+](=O)[O-])cc2)o1. The second-order valence-corrected chi connectivity index (χ2v) is 5.96. The molecule has 0 saturated heterocycles. The van der Waals surface area contributed by atoms with Gasteiger partial charge in [-0.05, 0) is 30.3 Å². The summed E-state index contributed by atoms with van der Waals surface area (Å²) in [5.41, 5.74) is 4.87. The molecule has 8 heteroatoms. The number of non-ortho nitro benzene ring substituents is 1. The van der Waals surface area contributed by atoms with Crippen molar-refractivity contribution >= 4 is 28.7 Å². The number of hydrazone groups is 1. The fourth-order valence-electron chi connectivity index (χ4n) is 2.78. The average Bonchev–Trinajstić information content (AvgIpc) is 3.36. The van der Waals surface area contributed by atoms with Gasteiger partial charge in [0.25, 0.3) is 5.69 Å². The van der Waals surface area contributed by atoms with Crippen molar-refractivity contribution < 1.29 is 14.1 Å². The maximum absolute atomic E-state index is 12.2. The number of amides is 1. The topological polar surface area (TPSA) is 114 Å². The van der Waals surface area contributed by atoms with Gasteiger partial charge in [0.2, 0.25) is 0 Å². The van der Waals surface area contributed by atoms with Crippen LogP contribution in [0.15, 0.2) is 76.4 Å². The van der Waals surface area contributed by atoms with E-state index in [9.17, 15) is 14.9 Å². The standard InChI is InChI=1S/C20H14N4O4/c25-20(23-22-12-14-11-21-17-4-2-1-3-16(14)17)19-10-9-18(28-19)13-5-7-15(8-6-13)24(26)27/h1-12,21H,(H,23,25)/b22-12+. The van der Waals surface area contributed by atoms with Crippen molar-refractivity contribution in [3.8, 4) is 11.3 Å². The molecular formula is C20H14N4O4. The number of carbonyl (C=O) groups excluding carboxylic acids is 1. The van der Waals surface area contributed by atoms with E-state index in [0.29, 0.717) is 11.3 Å². The summed E-state index contributed by atoms with van der Waals surface area (Å²) in [5.74, 6) is 0.0225. The number of aromatic nitrogens is 1. The molecule has 0 saturated carbocycles. The van der Waals surface area contributed by atoms with Gasteiger partial charge in [0.15, 0.2) is 5.76 Å². The largest absolute Gasteiger partial charge is 0.451 e. The zero-order chi connectivity index (χ0) is 19.5. The maximum atomic E-state index is 12.2. The summed E-state index contributed by atoms with van der Waals surface area (Å²) in [4.78, 5) is 25.6. The molecule has 2 aromatic heterocycles. The molecule has 8 nitrogen and oxygen atoms in total. The Kier molecular flexibility index (Phi) is 4.43. The van der Waals surface area contributed by atoms with E-state index in [4.69, 9.17) is 4.42 Å². The average molecular weight is 374 g/mol. The first-order valence-corrected chi connectivity index (χ1v) is 8.36. The van der Waals surface area contributed by atoms with Crippen molar-refractivity contribution in [1.82, 2.24) is 10.4 Å². The van der Waals surface area contributed by atoms with Gasteiger partial charge < -0.3 is 9.40 Å². The number of nitro groups is 1. The number of aromatic amines is 1. The van der Waals surface area contributed by atoms with Crippen molar-refractivity contribution in [2.45, 2.75) is 0 Å². The lowest BCUT2D eigenvalue weighted by atomic mass is 10.1. The number of nitro benzene ring substituents is 1. The minimum Gasteiger partial charge on any atom is -0.451 e. The van der Waals surface area contributed by atoms with E-state index in [-0.39, 0.29) is 11.4 Å². The molecule has 0 unspecified atom stereocenters. The third-order valence-corrected chi connectivity index (χ3v) is 4.18. The molecule has 4 aromatic rings. The molecule has 28 heavy (non-hydrogen) atoms. The molecule has 0 atom stereocenters. The van der Waals surface area contributed by atoms with E-state index in [2.05, 4.69) is 15.5 Å². The maximum Gasteiger partial charge on any atom is 0.307 e. The first kappa shape index (κ1) is 17.2. The van der Waals surface area contributed by atoms with Crippen molar-refractivity contribution in [1.29, 1.82) is 0 Å². The molecule has 0 spiro atoms. The van der Waals surface area contributed by atoms with E-state index < -0.39 is 10.8 Å². The zero-order valence-electron chi connectivity index (χ0n) is 14.5. The lowest BCUT2D eigenvalue weighted by Crippen LogP contribution is -2.16. The Balaban J connectivity index is 1.45. The van der Waals surface area contributed by atoms with Gasteiger partial charge in [-0.1, -0.05) is 18.2 Å². The molecule has 0 radical (unpaired) electrons. The van der Waals surface area contributed by atoms with E-state index in [1.54, 1.807) is 30.6 Å². The second kappa shape index (κ2) is 7.20. The van der Waals surface area contributed by atoms with Crippen molar-refractivity contribution in [2.75, 3.05) is 0 Å². The number of hydrogen-bond acceptors (Lipinski definition) is 5. The van der Waals surface area contributed by atoms with Crippen LogP contribution in [0.4, 0.5) is 5.69 Å². The van der Waals surface area contributed by atoms with Crippen molar-refractivity contribution in [3.63, 3.8) is 0 Å². The van der Waals surface area contributed by atoms with Crippen LogP contribution in [0, 0.1) is 10.1 Å². The number of carbonyl (C=O) groups is 1. The second-order valence-electron chi connectivity index (χ2n) is 5.96. The molecule has 138 valence electrons. The summed E-state index contributed by atoms with van der Waals surface area (Å²) in [6.45, 7) is 0.